The van der Waals surface area contributed by atoms with Gasteiger partial charge in [-0.05, 0) is 32.4 Å². The van der Waals surface area contributed by atoms with Crippen molar-refractivity contribution in [1.82, 2.24) is 9.62 Å². The molecular formula is C16H26N2O4S. The third kappa shape index (κ3) is 6.68. The van der Waals surface area contributed by atoms with Gasteiger partial charge >= 0.3 is 0 Å². The van der Waals surface area contributed by atoms with Gasteiger partial charge in [0.1, 0.15) is 0 Å². The van der Waals surface area contributed by atoms with Crippen molar-refractivity contribution < 1.29 is 17.9 Å². The first-order valence-electron chi connectivity index (χ1n) is 7.81. The van der Waals surface area contributed by atoms with E-state index in [-0.39, 0.29) is 30.0 Å². The summed E-state index contributed by atoms with van der Waals surface area (Å²) in [5, 5.41) is 2.72. The van der Waals surface area contributed by atoms with Gasteiger partial charge in [-0.2, -0.15) is 4.31 Å². The average molecular weight is 342 g/mol. The standard InChI is InChI=1S/C16H26N2O4S/c1-4-18(23(20,21)15-9-6-5-7-10-15)13-16(19)17-11-8-12-22-14(2)3/h5-7,9-10,14H,4,8,11-13H2,1-3H3,(H,17,19). The van der Waals surface area contributed by atoms with Crippen LogP contribution in [-0.2, 0) is 19.6 Å². The molecule has 1 rings (SSSR count). The van der Waals surface area contributed by atoms with E-state index < -0.39 is 10.0 Å². The number of carbonyl (C=O) groups is 1. The SMILES string of the molecule is CCN(CC(=O)NCCCOC(C)C)S(=O)(=O)c1ccccc1. The number of likely N-dealkylation sites (N-methyl/N-ethyl adjacent to an activating group) is 1. The van der Waals surface area contributed by atoms with E-state index in [0.717, 1.165) is 0 Å². The lowest BCUT2D eigenvalue weighted by Gasteiger charge is -2.20. The molecule has 23 heavy (non-hydrogen) atoms. The first-order valence-corrected chi connectivity index (χ1v) is 9.25. The van der Waals surface area contributed by atoms with E-state index in [9.17, 15) is 13.2 Å². The summed E-state index contributed by atoms with van der Waals surface area (Å²) in [6.45, 7) is 6.70. The van der Waals surface area contributed by atoms with Gasteiger partial charge in [0.15, 0.2) is 0 Å². The molecule has 1 amide bonds. The van der Waals surface area contributed by atoms with Crippen molar-refractivity contribution in [3.8, 4) is 0 Å². The Balaban J connectivity index is 2.51. The van der Waals surface area contributed by atoms with Gasteiger partial charge < -0.3 is 10.1 Å². The summed E-state index contributed by atoms with van der Waals surface area (Å²) >= 11 is 0. The van der Waals surface area contributed by atoms with Gasteiger partial charge in [-0.25, -0.2) is 8.42 Å². The maximum atomic E-state index is 12.5. The maximum Gasteiger partial charge on any atom is 0.243 e. The van der Waals surface area contributed by atoms with E-state index in [0.29, 0.717) is 19.6 Å². The summed E-state index contributed by atoms with van der Waals surface area (Å²) in [5.41, 5.74) is 0. The Morgan fingerprint density at radius 1 is 1.26 bits per heavy atom. The molecular weight excluding hydrogens is 316 g/mol. The fourth-order valence-electron chi connectivity index (χ4n) is 1.94. The summed E-state index contributed by atoms with van der Waals surface area (Å²) in [4.78, 5) is 12.1. The Bertz CT molecular complexity index is 573. The van der Waals surface area contributed by atoms with Gasteiger partial charge in [0.25, 0.3) is 0 Å². The van der Waals surface area contributed by atoms with Gasteiger partial charge in [0.2, 0.25) is 15.9 Å². The van der Waals surface area contributed by atoms with Crippen LogP contribution in [0.5, 0.6) is 0 Å². The molecule has 1 aromatic rings. The second-order valence-corrected chi connectivity index (χ2v) is 7.31. The zero-order valence-corrected chi connectivity index (χ0v) is 14.8. The van der Waals surface area contributed by atoms with Gasteiger partial charge in [-0.3, -0.25) is 4.79 Å². The first kappa shape index (κ1) is 19.6. The number of sulfonamides is 1. The zero-order valence-electron chi connectivity index (χ0n) is 14.0. The predicted octanol–water partition coefficient (Wildman–Crippen LogP) is 1.63. The quantitative estimate of drug-likeness (QED) is 0.656. The summed E-state index contributed by atoms with van der Waals surface area (Å²) < 4.78 is 31.5. The fraction of sp³-hybridized carbons (Fsp3) is 0.562. The predicted molar refractivity (Wildman–Crippen MR) is 89.6 cm³/mol. The van der Waals surface area contributed by atoms with E-state index in [1.807, 2.05) is 13.8 Å². The maximum absolute atomic E-state index is 12.5. The minimum atomic E-state index is -3.64. The first-order chi connectivity index (χ1) is 10.9. The van der Waals surface area contributed by atoms with Crippen LogP contribution in [0, 0.1) is 0 Å². The minimum absolute atomic E-state index is 0.164. The normalized spacial score (nSPS) is 11.9. The molecule has 0 fully saturated rings. The zero-order chi connectivity index (χ0) is 17.3. The molecule has 7 heteroatoms. The monoisotopic (exact) mass is 342 g/mol. The highest BCUT2D eigenvalue weighted by atomic mass is 32.2. The Labute approximate surface area is 138 Å². The van der Waals surface area contributed by atoms with Crippen LogP contribution in [0.4, 0.5) is 0 Å². The number of benzene rings is 1. The highest BCUT2D eigenvalue weighted by Crippen LogP contribution is 2.14. The largest absolute Gasteiger partial charge is 0.379 e. The van der Waals surface area contributed by atoms with Crippen LogP contribution in [0.25, 0.3) is 0 Å². The van der Waals surface area contributed by atoms with E-state index in [2.05, 4.69) is 5.32 Å². The minimum Gasteiger partial charge on any atom is -0.379 e. The summed E-state index contributed by atoms with van der Waals surface area (Å²) in [6.07, 6.45) is 0.860. The fourth-order valence-corrected chi connectivity index (χ4v) is 3.37. The Kier molecular flexibility index (Phi) is 8.22. The highest BCUT2D eigenvalue weighted by Gasteiger charge is 2.24. The van der Waals surface area contributed by atoms with Gasteiger partial charge in [-0.1, -0.05) is 25.1 Å². The number of nitrogens with zero attached hydrogens (tertiary/aromatic N) is 1. The molecule has 1 aromatic carbocycles. The van der Waals surface area contributed by atoms with Crippen LogP contribution in [0.2, 0.25) is 0 Å². The number of amides is 1. The molecule has 0 heterocycles. The lowest BCUT2D eigenvalue weighted by Crippen LogP contribution is -2.41. The molecule has 0 aromatic heterocycles. The van der Waals surface area contributed by atoms with Gasteiger partial charge in [0.05, 0.1) is 17.5 Å². The number of nitrogens with one attached hydrogen (secondary N) is 1. The Morgan fingerprint density at radius 3 is 2.48 bits per heavy atom. The smallest absolute Gasteiger partial charge is 0.243 e. The van der Waals surface area contributed by atoms with Crippen LogP contribution >= 0.6 is 0 Å². The number of rotatable bonds is 10. The van der Waals surface area contributed by atoms with Crippen molar-refractivity contribution in [2.45, 2.75) is 38.2 Å². The highest BCUT2D eigenvalue weighted by molar-refractivity contribution is 7.89. The second-order valence-electron chi connectivity index (χ2n) is 5.37. The topological polar surface area (TPSA) is 75.7 Å². The lowest BCUT2D eigenvalue weighted by atomic mass is 10.4. The van der Waals surface area contributed by atoms with Crippen LogP contribution in [0.15, 0.2) is 35.2 Å². The average Bonchev–Trinajstić information content (AvgIpc) is 2.52. The molecule has 0 aliphatic heterocycles. The number of ether oxygens (including phenoxy) is 1. The van der Waals surface area contributed by atoms with E-state index >= 15 is 0 Å². The van der Waals surface area contributed by atoms with Gasteiger partial charge in [0, 0.05) is 19.7 Å². The molecule has 0 atom stereocenters. The molecule has 0 spiro atoms. The number of carbonyl (C=O) groups excluding carboxylic acids is 1. The Hall–Kier alpha value is -1.44. The molecule has 0 aliphatic rings. The number of hydrogen-bond acceptors (Lipinski definition) is 4. The van der Waals surface area contributed by atoms with Crippen molar-refractivity contribution in [3.05, 3.63) is 30.3 Å². The second kappa shape index (κ2) is 9.64. The molecule has 0 unspecified atom stereocenters. The summed E-state index contributed by atoms with van der Waals surface area (Å²) in [7, 11) is -3.64. The van der Waals surface area contributed by atoms with Crippen LogP contribution in [-0.4, -0.2) is 51.0 Å². The van der Waals surface area contributed by atoms with Crippen LogP contribution in [0.1, 0.15) is 27.2 Å². The van der Waals surface area contributed by atoms with E-state index in [4.69, 9.17) is 4.74 Å². The lowest BCUT2D eigenvalue weighted by molar-refractivity contribution is -0.121. The molecule has 0 saturated carbocycles. The van der Waals surface area contributed by atoms with Crippen molar-refractivity contribution >= 4 is 15.9 Å². The molecule has 0 bridgehead atoms. The van der Waals surface area contributed by atoms with Crippen molar-refractivity contribution in [1.29, 1.82) is 0 Å². The Morgan fingerprint density at radius 2 is 1.91 bits per heavy atom. The molecule has 0 aliphatic carbocycles. The number of hydrogen-bond donors (Lipinski definition) is 1. The van der Waals surface area contributed by atoms with Crippen molar-refractivity contribution in [3.63, 3.8) is 0 Å². The molecule has 130 valence electrons. The van der Waals surface area contributed by atoms with E-state index in [1.165, 1.54) is 16.4 Å². The molecule has 1 N–H and O–H groups in total. The third-order valence-electron chi connectivity index (χ3n) is 3.15. The van der Waals surface area contributed by atoms with Crippen molar-refractivity contribution in [2.75, 3.05) is 26.2 Å². The third-order valence-corrected chi connectivity index (χ3v) is 5.08. The van der Waals surface area contributed by atoms with E-state index in [1.54, 1.807) is 25.1 Å². The summed E-state index contributed by atoms with van der Waals surface area (Å²) in [6, 6.07) is 8.13. The van der Waals surface area contributed by atoms with Crippen LogP contribution in [0.3, 0.4) is 0 Å². The molecule has 6 nitrogen and oxygen atoms in total. The van der Waals surface area contributed by atoms with Crippen LogP contribution < -0.4 is 5.32 Å². The van der Waals surface area contributed by atoms with Crippen molar-refractivity contribution in [2.24, 2.45) is 0 Å². The van der Waals surface area contributed by atoms with Gasteiger partial charge in [-0.15, -0.1) is 0 Å². The molecule has 0 radical (unpaired) electrons. The summed E-state index contributed by atoms with van der Waals surface area (Å²) in [5.74, 6) is -0.309. The molecule has 0 saturated heterocycles.